The number of benzene rings is 2. The van der Waals surface area contributed by atoms with E-state index in [0.29, 0.717) is 17.1 Å². The molecule has 3 aromatic rings. The van der Waals surface area contributed by atoms with Crippen LogP contribution in [-0.4, -0.2) is 20.6 Å². The lowest BCUT2D eigenvalue weighted by Crippen LogP contribution is -2.20. The van der Waals surface area contributed by atoms with Crippen LogP contribution in [0.3, 0.4) is 0 Å². The lowest BCUT2D eigenvalue weighted by molar-refractivity contribution is -0.382. The molecule has 0 atom stereocenters. The van der Waals surface area contributed by atoms with Crippen molar-refractivity contribution < 1.29 is 19.2 Å². The number of carbonyl (C=O) groups is 1. The van der Waals surface area contributed by atoms with Crippen molar-refractivity contribution in [2.45, 2.75) is 26.3 Å². The van der Waals surface area contributed by atoms with Crippen molar-refractivity contribution in [3.63, 3.8) is 0 Å². The van der Waals surface area contributed by atoms with E-state index in [0.717, 1.165) is 18.7 Å². The fraction of sp³-hybridized carbons (Fsp3) is 0.200. The zero-order valence-electron chi connectivity index (χ0n) is 15.8. The van der Waals surface area contributed by atoms with Crippen LogP contribution >= 0.6 is 11.6 Å². The summed E-state index contributed by atoms with van der Waals surface area (Å²) in [4.78, 5) is 35.2. The summed E-state index contributed by atoms with van der Waals surface area (Å²) in [5.41, 5.74) is -2.42. The average Bonchev–Trinajstić information content (AvgIpc) is 2.69. The average molecular weight is 434 g/mol. The molecule has 10 heteroatoms. The van der Waals surface area contributed by atoms with Crippen molar-refractivity contribution in [2.24, 2.45) is 0 Å². The van der Waals surface area contributed by atoms with Crippen molar-refractivity contribution >= 4 is 45.5 Å². The predicted octanol–water partition coefficient (Wildman–Crippen LogP) is 4.94. The van der Waals surface area contributed by atoms with Gasteiger partial charge in [-0.3, -0.25) is 14.9 Å². The summed E-state index contributed by atoms with van der Waals surface area (Å²) >= 11 is 5.84. The Morgan fingerprint density at radius 2 is 2.00 bits per heavy atom. The molecule has 0 radical (unpaired) electrons. The maximum absolute atomic E-state index is 14.9. The van der Waals surface area contributed by atoms with E-state index < -0.39 is 39.1 Å². The third-order valence-corrected chi connectivity index (χ3v) is 4.82. The van der Waals surface area contributed by atoms with Crippen molar-refractivity contribution in [3.8, 4) is 0 Å². The van der Waals surface area contributed by atoms with Gasteiger partial charge in [0.15, 0.2) is 11.5 Å². The molecule has 156 valence electrons. The van der Waals surface area contributed by atoms with E-state index in [1.54, 1.807) is 0 Å². The van der Waals surface area contributed by atoms with Crippen LogP contribution in [0.1, 0.15) is 30.1 Å². The Balaban J connectivity index is 2.37. The maximum atomic E-state index is 14.9. The summed E-state index contributed by atoms with van der Waals surface area (Å²) < 4.78 is 16.2. The number of hydrogen-bond acceptors (Lipinski definition) is 5. The molecule has 0 spiro atoms. The molecule has 0 saturated carbocycles. The van der Waals surface area contributed by atoms with Crippen molar-refractivity contribution in [1.82, 2.24) is 4.57 Å². The molecule has 1 aromatic heterocycles. The van der Waals surface area contributed by atoms with E-state index >= 15 is 0 Å². The topological polar surface area (TPSA) is 114 Å². The number of carboxylic acid groups (broad SMARTS) is 1. The zero-order valence-corrected chi connectivity index (χ0v) is 16.6. The van der Waals surface area contributed by atoms with E-state index in [-0.39, 0.29) is 17.4 Å². The maximum Gasteiger partial charge on any atom is 0.341 e. The highest BCUT2D eigenvalue weighted by Gasteiger charge is 2.28. The van der Waals surface area contributed by atoms with Gasteiger partial charge in [0.25, 0.3) is 0 Å². The quantitative estimate of drug-likeness (QED) is 0.402. The summed E-state index contributed by atoms with van der Waals surface area (Å²) in [6.07, 6.45) is 2.37. The number of anilines is 2. The Bertz CT molecular complexity index is 1210. The van der Waals surface area contributed by atoms with E-state index in [1.807, 2.05) is 6.92 Å². The molecule has 0 saturated heterocycles. The van der Waals surface area contributed by atoms with Gasteiger partial charge in [-0.2, -0.15) is 0 Å². The summed E-state index contributed by atoms with van der Waals surface area (Å²) in [5, 5.41) is 24.0. The standard InChI is InChI=1S/C20H17ClFN3O5/c1-2-3-8-24-10-14(20(27)28)19(26)13-9-15(22)16(18(17(13)24)25(29)30)23-12-6-4-11(21)5-7-12/h4-7,9-10,23H,2-3,8H2,1H3,(H,27,28). The van der Waals surface area contributed by atoms with Crippen LogP contribution in [0, 0.1) is 15.9 Å². The van der Waals surface area contributed by atoms with Gasteiger partial charge < -0.3 is 15.0 Å². The minimum atomic E-state index is -1.49. The molecule has 0 aliphatic heterocycles. The molecule has 3 rings (SSSR count). The first-order chi connectivity index (χ1) is 14.2. The van der Waals surface area contributed by atoms with E-state index in [4.69, 9.17) is 11.6 Å². The molecule has 1 heterocycles. The Kier molecular flexibility index (Phi) is 6.02. The summed E-state index contributed by atoms with van der Waals surface area (Å²) in [6, 6.07) is 6.94. The van der Waals surface area contributed by atoms with Gasteiger partial charge in [0.2, 0.25) is 5.43 Å². The first kappa shape index (κ1) is 21.3. The van der Waals surface area contributed by atoms with Gasteiger partial charge in [-0.1, -0.05) is 24.9 Å². The number of aryl methyl sites for hydroxylation is 1. The number of halogens is 2. The minimum absolute atomic E-state index is 0.138. The summed E-state index contributed by atoms with van der Waals surface area (Å²) in [6.45, 7) is 2.12. The second-order valence-corrected chi connectivity index (χ2v) is 7.03. The molecule has 0 aliphatic rings. The van der Waals surface area contributed by atoms with Crippen LogP contribution in [0.25, 0.3) is 10.9 Å². The highest BCUT2D eigenvalue weighted by Crippen LogP contribution is 2.37. The van der Waals surface area contributed by atoms with Crippen molar-refractivity contribution in [3.05, 3.63) is 73.3 Å². The summed E-state index contributed by atoms with van der Waals surface area (Å²) in [7, 11) is 0. The third-order valence-electron chi connectivity index (χ3n) is 4.57. The van der Waals surface area contributed by atoms with E-state index in [2.05, 4.69) is 5.32 Å². The predicted molar refractivity (Wildman–Crippen MR) is 111 cm³/mol. The molecule has 2 aromatic carbocycles. The molecule has 2 N–H and O–H groups in total. The first-order valence-electron chi connectivity index (χ1n) is 9.04. The minimum Gasteiger partial charge on any atom is -0.477 e. The fourth-order valence-corrected chi connectivity index (χ4v) is 3.27. The van der Waals surface area contributed by atoms with Crippen molar-refractivity contribution in [1.29, 1.82) is 0 Å². The normalized spacial score (nSPS) is 10.9. The number of nitro groups is 1. The molecule has 0 amide bonds. The monoisotopic (exact) mass is 433 g/mol. The fourth-order valence-electron chi connectivity index (χ4n) is 3.15. The molecule has 0 fully saturated rings. The van der Waals surface area contributed by atoms with Crippen LogP contribution in [0.15, 0.2) is 41.3 Å². The lowest BCUT2D eigenvalue weighted by Gasteiger charge is -2.15. The number of fused-ring (bicyclic) bond motifs is 1. The Morgan fingerprint density at radius 3 is 2.57 bits per heavy atom. The molecular weight excluding hydrogens is 417 g/mol. The molecule has 0 unspecified atom stereocenters. The number of nitrogens with zero attached hydrogens (tertiary/aromatic N) is 2. The second-order valence-electron chi connectivity index (χ2n) is 6.59. The smallest absolute Gasteiger partial charge is 0.341 e. The van der Waals surface area contributed by atoms with Crippen LogP contribution in [0.4, 0.5) is 21.5 Å². The Hall–Kier alpha value is -3.46. The van der Waals surface area contributed by atoms with E-state index in [1.165, 1.54) is 28.8 Å². The van der Waals surface area contributed by atoms with Crippen LogP contribution in [-0.2, 0) is 6.54 Å². The second kappa shape index (κ2) is 8.50. The SMILES string of the molecule is CCCCn1cc(C(=O)O)c(=O)c2cc(F)c(Nc3ccc(Cl)cc3)c([N+](=O)[O-])c21. The number of aromatic nitrogens is 1. The number of nitrogens with one attached hydrogen (secondary N) is 1. The van der Waals surface area contributed by atoms with Crippen LogP contribution in [0.2, 0.25) is 5.02 Å². The van der Waals surface area contributed by atoms with Crippen LogP contribution in [0.5, 0.6) is 0 Å². The van der Waals surface area contributed by atoms with Crippen LogP contribution < -0.4 is 10.7 Å². The molecular formula is C20H17ClFN3O5. The van der Waals surface area contributed by atoms with Gasteiger partial charge in [-0.15, -0.1) is 0 Å². The Morgan fingerprint density at radius 1 is 1.33 bits per heavy atom. The number of carboxylic acids is 1. The van der Waals surface area contributed by atoms with Gasteiger partial charge in [0.1, 0.15) is 11.1 Å². The number of pyridine rings is 1. The largest absolute Gasteiger partial charge is 0.477 e. The molecule has 8 nitrogen and oxygen atoms in total. The van der Waals surface area contributed by atoms with E-state index in [9.17, 15) is 29.2 Å². The number of hydrogen-bond donors (Lipinski definition) is 2. The summed E-state index contributed by atoms with van der Waals surface area (Å²) in [5.74, 6) is -2.54. The number of rotatable bonds is 7. The number of aromatic carboxylic acids is 1. The first-order valence-corrected chi connectivity index (χ1v) is 9.42. The Labute approximate surface area is 174 Å². The molecule has 0 bridgehead atoms. The van der Waals surface area contributed by atoms with Gasteiger partial charge in [0.05, 0.1) is 10.3 Å². The highest BCUT2D eigenvalue weighted by molar-refractivity contribution is 6.30. The third kappa shape index (κ3) is 3.97. The number of nitro benzene ring substituents is 1. The highest BCUT2D eigenvalue weighted by atomic mass is 35.5. The van der Waals surface area contributed by atoms with Gasteiger partial charge >= 0.3 is 11.7 Å². The van der Waals surface area contributed by atoms with Gasteiger partial charge in [-0.25, -0.2) is 9.18 Å². The van der Waals surface area contributed by atoms with Crippen molar-refractivity contribution in [2.75, 3.05) is 5.32 Å². The molecule has 0 aliphatic carbocycles. The zero-order chi connectivity index (χ0) is 22.0. The number of unbranched alkanes of at least 4 members (excludes halogenated alkanes) is 1. The molecule has 30 heavy (non-hydrogen) atoms. The van der Waals surface area contributed by atoms with Gasteiger partial charge in [0, 0.05) is 23.5 Å². The lowest BCUT2D eigenvalue weighted by atomic mass is 10.1. The van der Waals surface area contributed by atoms with Gasteiger partial charge in [-0.05, 0) is 36.8 Å².